The molecule has 0 aromatic carbocycles. The van der Waals surface area contributed by atoms with Crippen LogP contribution in [0.3, 0.4) is 0 Å². The lowest BCUT2D eigenvalue weighted by Crippen LogP contribution is -2.41. The van der Waals surface area contributed by atoms with E-state index in [1.54, 1.807) is 13.8 Å². The van der Waals surface area contributed by atoms with Gasteiger partial charge in [-0.15, -0.1) is 0 Å². The van der Waals surface area contributed by atoms with Crippen LogP contribution in [0.25, 0.3) is 0 Å². The van der Waals surface area contributed by atoms with Gasteiger partial charge < -0.3 is 19.8 Å². The van der Waals surface area contributed by atoms with Crippen molar-refractivity contribution in [2.45, 2.75) is 65.0 Å². The van der Waals surface area contributed by atoms with E-state index < -0.39 is 18.0 Å². The summed E-state index contributed by atoms with van der Waals surface area (Å²) < 4.78 is 10.1. The predicted molar refractivity (Wildman–Crippen MR) is 91.5 cm³/mol. The molecule has 1 aliphatic rings. The molecule has 1 aliphatic carbocycles. The van der Waals surface area contributed by atoms with E-state index in [4.69, 9.17) is 9.47 Å². The lowest BCUT2D eigenvalue weighted by atomic mass is 10.1. The Kier molecular flexibility index (Phi) is 6.22. The van der Waals surface area contributed by atoms with Crippen molar-refractivity contribution in [3.63, 3.8) is 0 Å². The highest BCUT2D eigenvalue weighted by Gasteiger charge is 2.28. The predicted octanol–water partition coefficient (Wildman–Crippen LogP) is 2.28. The number of aryl methyl sites for hydroxylation is 1. The van der Waals surface area contributed by atoms with Crippen LogP contribution in [0.4, 0.5) is 0 Å². The van der Waals surface area contributed by atoms with Gasteiger partial charge in [0.25, 0.3) is 5.91 Å². The van der Waals surface area contributed by atoms with Crippen molar-refractivity contribution in [1.29, 1.82) is 0 Å². The fourth-order valence-corrected chi connectivity index (χ4v) is 3.17. The Labute approximate surface area is 147 Å². The normalized spacial score (nSPS) is 15.7. The number of amides is 1. The second-order valence-electron chi connectivity index (χ2n) is 6.36. The van der Waals surface area contributed by atoms with Gasteiger partial charge in [0.05, 0.1) is 12.7 Å². The Balaban J connectivity index is 2.08. The van der Waals surface area contributed by atoms with Crippen molar-refractivity contribution in [2.75, 3.05) is 7.11 Å². The van der Waals surface area contributed by atoms with E-state index >= 15 is 0 Å². The van der Waals surface area contributed by atoms with Crippen LogP contribution in [0, 0.1) is 6.92 Å². The van der Waals surface area contributed by atoms with Gasteiger partial charge in [-0.05, 0) is 38.7 Å². The molecular weight excluding hydrogens is 324 g/mol. The fraction of sp³-hybridized carbons (Fsp3) is 0.611. The van der Waals surface area contributed by atoms with Gasteiger partial charge in [0.15, 0.2) is 6.10 Å². The van der Waals surface area contributed by atoms with Gasteiger partial charge in [0, 0.05) is 11.7 Å². The first-order chi connectivity index (χ1) is 11.9. The molecular formula is C18H26N2O5. The first kappa shape index (κ1) is 19.0. The van der Waals surface area contributed by atoms with Gasteiger partial charge >= 0.3 is 11.9 Å². The molecule has 25 heavy (non-hydrogen) atoms. The maximum Gasteiger partial charge on any atom is 0.355 e. The van der Waals surface area contributed by atoms with E-state index in [0.29, 0.717) is 23.2 Å². The molecule has 1 aromatic rings. The minimum absolute atomic E-state index is 0.165. The monoisotopic (exact) mass is 350 g/mol. The Bertz CT molecular complexity index is 659. The van der Waals surface area contributed by atoms with Crippen molar-refractivity contribution < 1.29 is 23.9 Å². The van der Waals surface area contributed by atoms with Crippen molar-refractivity contribution in [1.82, 2.24) is 10.3 Å². The van der Waals surface area contributed by atoms with Crippen LogP contribution in [-0.4, -0.2) is 42.1 Å². The molecule has 0 saturated heterocycles. The van der Waals surface area contributed by atoms with E-state index in [2.05, 4.69) is 10.3 Å². The molecule has 0 spiro atoms. The molecule has 1 unspecified atom stereocenters. The fourth-order valence-electron chi connectivity index (χ4n) is 3.17. The molecule has 1 saturated carbocycles. The second kappa shape index (κ2) is 8.18. The van der Waals surface area contributed by atoms with Crippen LogP contribution >= 0.6 is 0 Å². The van der Waals surface area contributed by atoms with Crippen LogP contribution in [0.5, 0.6) is 0 Å². The van der Waals surface area contributed by atoms with Gasteiger partial charge in [-0.3, -0.25) is 4.79 Å². The number of ether oxygens (including phenoxy) is 2. The quantitative estimate of drug-likeness (QED) is 0.767. The maximum atomic E-state index is 12.4. The lowest BCUT2D eigenvalue weighted by molar-refractivity contribution is -0.129. The van der Waals surface area contributed by atoms with Crippen molar-refractivity contribution >= 4 is 17.8 Å². The molecule has 1 atom stereocenters. The van der Waals surface area contributed by atoms with E-state index in [1.165, 1.54) is 7.11 Å². The minimum Gasteiger partial charge on any atom is -0.465 e. The second-order valence-corrected chi connectivity index (χ2v) is 6.36. The van der Waals surface area contributed by atoms with Gasteiger partial charge in [-0.1, -0.05) is 19.8 Å². The van der Waals surface area contributed by atoms with Crippen molar-refractivity contribution in [3.05, 3.63) is 22.5 Å². The molecule has 1 fully saturated rings. The number of methoxy groups -OCH3 is 1. The molecule has 1 heterocycles. The average molecular weight is 350 g/mol. The van der Waals surface area contributed by atoms with Crippen LogP contribution in [0.2, 0.25) is 0 Å². The molecule has 2 N–H and O–H groups in total. The van der Waals surface area contributed by atoms with E-state index in [0.717, 1.165) is 25.7 Å². The van der Waals surface area contributed by atoms with Gasteiger partial charge in [-0.2, -0.15) is 0 Å². The standard InChI is InChI=1S/C18H26N2O5/c1-5-13-14(17(22)24-4)10(2)15(20-13)18(23)25-11(3)16(21)19-12-8-6-7-9-12/h11-12,20H,5-9H2,1-4H3,(H,19,21). The average Bonchev–Trinajstić information content (AvgIpc) is 3.21. The molecule has 7 heteroatoms. The molecule has 0 bridgehead atoms. The lowest BCUT2D eigenvalue weighted by Gasteiger charge is -2.17. The third-order valence-corrected chi connectivity index (χ3v) is 4.63. The number of carbonyl (C=O) groups is 3. The van der Waals surface area contributed by atoms with Crippen LogP contribution in [0.15, 0.2) is 0 Å². The molecule has 2 rings (SSSR count). The Hall–Kier alpha value is -2.31. The third kappa shape index (κ3) is 4.21. The zero-order chi connectivity index (χ0) is 18.6. The zero-order valence-corrected chi connectivity index (χ0v) is 15.2. The van der Waals surface area contributed by atoms with Crippen LogP contribution in [0.1, 0.15) is 71.6 Å². The Morgan fingerprint density at radius 2 is 1.88 bits per heavy atom. The maximum absolute atomic E-state index is 12.4. The smallest absolute Gasteiger partial charge is 0.355 e. The van der Waals surface area contributed by atoms with Crippen molar-refractivity contribution in [2.24, 2.45) is 0 Å². The number of aromatic nitrogens is 1. The third-order valence-electron chi connectivity index (χ3n) is 4.63. The number of aromatic amines is 1. The number of hydrogen-bond donors (Lipinski definition) is 2. The summed E-state index contributed by atoms with van der Waals surface area (Å²) in [5.41, 5.74) is 1.61. The summed E-state index contributed by atoms with van der Waals surface area (Å²) in [6.07, 6.45) is 3.78. The minimum atomic E-state index is -0.901. The number of hydrogen-bond acceptors (Lipinski definition) is 5. The summed E-state index contributed by atoms with van der Waals surface area (Å²) in [6.45, 7) is 5.06. The molecule has 1 aromatic heterocycles. The SMILES string of the molecule is CCc1[nH]c(C(=O)OC(C)C(=O)NC2CCCC2)c(C)c1C(=O)OC. The first-order valence-corrected chi connectivity index (χ1v) is 8.70. The molecule has 1 amide bonds. The Morgan fingerprint density at radius 3 is 2.44 bits per heavy atom. The molecule has 0 aliphatic heterocycles. The van der Waals surface area contributed by atoms with E-state index in [-0.39, 0.29) is 17.6 Å². The van der Waals surface area contributed by atoms with Gasteiger partial charge in [-0.25, -0.2) is 9.59 Å². The van der Waals surface area contributed by atoms with Gasteiger partial charge in [0.1, 0.15) is 5.69 Å². The molecule has 138 valence electrons. The largest absolute Gasteiger partial charge is 0.465 e. The van der Waals surface area contributed by atoms with Gasteiger partial charge in [0.2, 0.25) is 0 Å². The first-order valence-electron chi connectivity index (χ1n) is 8.70. The highest BCUT2D eigenvalue weighted by Crippen LogP contribution is 2.22. The molecule has 0 radical (unpaired) electrons. The van der Waals surface area contributed by atoms with E-state index in [1.807, 2.05) is 6.92 Å². The van der Waals surface area contributed by atoms with Crippen molar-refractivity contribution in [3.8, 4) is 0 Å². The number of nitrogens with one attached hydrogen (secondary N) is 2. The summed E-state index contributed by atoms with van der Waals surface area (Å²) in [5.74, 6) is -1.46. The highest BCUT2D eigenvalue weighted by molar-refractivity contribution is 5.99. The topological polar surface area (TPSA) is 97.5 Å². The van der Waals surface area contributed by atoms with Crippen LogP contribution in [-0.2, 0) is 20.7 Å². The zero-order valence-electron chi connectivity index (χ0n) is 15.2. The van der Waals surface area contributed by atoms with E-state index in [9.17, 15) is 14.4 Å². The number of H-pyrrole nitrogens is 1. The summed E-state index contributed by atoms with van der Waals surface area (Å²) in [4.78, 5) is 39.4. The summed E-state index contributed by atoms with van der Waals surface area (Å²) in [7, 11) is 1.29. The number of rotatable bonds is 6. The highest BCUT2D eigenvalue weighted by atomic mass is 16.5. The van der Waals surface area contributed by atoms with Crippen LogP contribution < -0.4 is 5.32 Å². The Morgan fingerprint density at radius 1 is 1.24 bits per heavy atom. The number of carbonyl (C=O) groups excluding carboxylic acids is 3. The molecule has 7 nitrogen and oxygen atoms in total. The summed E-state index contributed by atoms with van der Waals surface area (Å²) in [5, 5.41) is 2.90. The summed E-state index contributed by atoms with van der Waals surface area (Å²) in [6, 6.07) is 0.165. The number of esters is 2. The summed E-state index contributed by atoms with van der Waals surface area (Å²) >= 11 is 0.